The molecule has 1 aliphatic rings. The van der Waals surface area contributed by atoms with E-state index in [1.54, 1.807) is 13.0 Å². The fourth-order valence-corrected chi connectivity index (χ4v) is 4.75. The van der Waals surface area contributed by atoms with Crippen LogP contribution in [0.2, 0.25) is 0 Å². The van der Waals surface area contributed by atoms with Crippen molar-refractivity contribution in [3.63, 3.8) is 0 Å². The molecule has 0 bridgehead atoms. The van der Waals surface area contributed by atoms with Crippen LogP contribution in [0.5, 0.6) is 5.75 Å². The van der Waals surface area contributed by atoms with Crippen molar-refractivity contribution in [1.82, 2.24) is 4.31 Å². The van der Waals surface area contributed by atoms with Crippen molar-refractivity contribution in [1.29, 1.82) is 0 Å². The van der Waals surface area contributed by atoms with Crippen LogP contribution in [0.4, 0.5) is 10.1 Å². The Balaban J connectivity index is 1.92. The normalized spacial score (nSPS) is 15.8. The predicted molar refractivity (Wildman–Crippen MR) is 109 cm³/mol. The molecule has 0 aromatic heterocycles. The Kier molecular flexibility index (Phi) is 6.54. The molecule has 0 saturated carbocycles. The van der Waals surface area contributed by atoms with Crippen molar-refractivity contribution in [3.05, 3.63) is 53.8 Å². The maximum absolute atomic E-state index is 13.9. The fourth-order valence-electron chi connectivity index (χ4n) is 3.26. The summed E-state index contributed by atoms with van der Waals surface area (Å²) in [6.07, 6.45) is 1.63. The number of amides is 1. The van der Waals surface area contributed by atoms with Gasteiger partial charge in [-0.25, -0.2) is 12.8 Å². The van der Waals surface area contributed by atoms with Crippen LogP contribution in [0.25, 0.3) is 0 Å². The van der Waals surface area contributed by atoms with Crippen LogP contribution in [-0.4, -0.2) is 38.3 Å². The lowest BCUT2D eigenvalue weighted by Gasteiger charge is -2.29. The Morgan fingerprint density at radius 3 is 2.55 bits per heavy atom. The lowest BCUT2D eigenvalue weighted by Crippen LogP contribution is -2.37. The van der Waals surface area contributed by atoms with Gasteiger partial charge in [-0.1, -0.05) is 19.1 Å². The number of hydrogen-bond donors (Lipinski definition) is 1. The van der Waals surface area contributed by atoms with Gasteiger partial charge in [0, 0.05) is 13.1 Å². The van der Waals surface area contributed by atoms with Gasteiger partial charge in [-0.2, -0.15) is 4.31 Å². The van der Waals surface area contributed by atoms with Crippen molar-refractivity contribution in [2.75, 3.05) is 25.0 Å². The van der Waals surface area contributed by atoms with E-state index in [0.717, 1.165) is 12.8 Å². The van der Waals surface area contributed by atoms with Gasteiger partial charge in [-0.05, 0) is 56.0 Å². The number of halogens is 1. The lowest BCUT2D eigenvalue weighted by molar-refractivity contribution is 0.102. The monoisotopic (exact) mass is 420 g/mol. The van der Waals surface area contributed by atoms with E-state index in [2.05, 4.69) is 12.2 Å². The van der Waals surface area contributed by atoms with E-state index in [1.165, 1.54) is 40.7 Å². The smallest absolute Gasteiger partial charge is 0.258 e. The van der Waals surface area contributed by atoms with Crippen molar-refractivity contribution in [2.45, 2.75) is 31.6 Å². The molecule has 1 aliphatic heterocycles. The first-order valence-electron chi connectivity index (χ1n) is 9.65. The van der Waals surface area contributed by atoms with Crippen LogP contribution in [-0.2, 0) is 10.0 Å². The third-order valence-electron chi connectivity index (χ3n) is 5.00. The summed E-state index contributed by atoms with van der Waals surface area (Å²) in [7, 11) is -3.70. The summed E-state index contributed by atoms with van der Waals surface area (Å²) in [4.78, 5) is 12.6. The van der Waals surface area contributed by atoms with Crippen molar-refractivity contribution in [3.8, 4) is 5.75 Å². The van der Waals surface area contributed by atoms with E-state index in [9.17, 15) is 17.6 Å². The molecule has 3 rings (SSSR count). The molecule has 1 heterocycles. The van der Waals surface area contributed by atoms with Gasteiger partial charge < -0.3 is 10.1 Å². The highest BCUT2D eigenvalue weighted by Gasteiger charge is 2.29. The van der Waals surface area contributed by atoms with Gasteiger partial charge in [-0.15, -0.1) is 0 Å². The molecule has 156 valence electrons. The van der Waals surface area contributed by atoms with E-state index in [4.69, 9.17) is 4.74 Å². The number of piperidine rings is 1. The van der Waals surface area contributed by atoms with Gasteiger partial charge in [0.15, 0.2) is 0 Å². The predicted octanol–water partition coefficient (Wildman–Crippen LogP) is 3.90. The van der Waals surface area contributed by atoms with Crippen LogP contribution < -0.4 is 10.1 Å². The standard InChI is InChI=1S/C21H25FN2O4S/c1-3-28-20-9-8-16(29(26,27)24-12-10-15(2)11-13-24)14-19(20)23-21(25)17-6-4-5-7-18(17)22/h4-9,14-15H,3,10-13H2,1-2H3,(H,23,25). The summed E-state index contributed by atoms with van der Waals surface area (Å²) in [5.74, 6) is -0.514. The first-order chi connectivity index (χ1) is 13.8. The van der Waals surface area contributed by atoms with Crippen LogP contribution in [0.3, 0.4) is 0 Å². The van der Waals surface area contributed by atoms with Crippen molar-refractivity contribution in [2.24, 2.45) is 5.92 Å². The number of nitrogens with one attached hydrogen (secondary N) is 1. The molecule has 29 heavy (non-hydrogen) atoms. The summed E-state index contributed by atoms with van der Waals surface area (Å²) >= 11 is 0. The second-order valence-corrected chi connectivity index (χ2v) is 9.05. The van der Waals surface area contributed by atoms with Crippen LogP contribution in [0.1, 0.15) is 37.0 Å². The zero-order valence-corrected chi connectivity index (χ0v) is 17.3. The largest absolute Gasteiger partial charge is 0.492 e. The number of carbonyl (C=O) groups is 1. The van der Waals surface area contributed by atoms with E-state index in [1.807, 2.05) is 0 Å². The number of sulfonamides is 1. The fraction of sp³-hybridized carbons (Fsp3) is 0.381. The molecule has 2 aromatic carbocycles. The Bertz CT molecular complexity index is 986. The van der Waals surface area contributed by atoms with Gasteiger partial charge >= 0.3 is 0 Å². The van der Waals surface area contributed by atoms with E-state index in [0.29, 0.717) is 31.4 Å². The first-order valence-corrected chi connectivity index (χ1v) is 11.1. The zero-order valence-electron chi connectivity index (χ0n) is 16.5. The summed E-state index contributed by atoms with van der Waals surface area (Å²) in [6.45, 7) is 5.15. The molecular formula is C21H25FN2O4S. The maximum atomic E-state index is 13.9. The molecule has 0 aliphatic carbocycles. The van der Waals surface area contributed by atoms with E-state index >= 15 is 0 Å². The van der Waals surface area contributed by atoms with E-state index < -0.39 is 21.7 Å². The second kappa shape index (κ2) is 8.92. The Morgan fingerprint density at radius 2 is 1.90 bits per heavy atom. The minimum Gasteiger partial charge on any atom is -0.492 e. The number of ether oxygens (including phenoxy) is 1. The first kappa shape index (κ1) is 21.3. The van der Waals surface area contributed by atoms with Gasteiger partial charge in [-0.3, -0.25) is 4.79 Å². The average molecular weight is 421 g/mol. The molecule has 0 spiro atoms. The van der Waals surface area contributed by atoms with Crippen molar-refractivity contribution < 1.29 is 22.3 Å². The van der Waals surface area contributed by atoms with Crippen LogP contribution in [0.15, 0.2) is 47.4 Å². The highest BCUT2D eigenvalue weighted by Crippen LogP contribution is 2.31. The number of hydrogen-bond acceptors (Lipinski definition) is 4. The molecule has 0 unspecified atom stereocenters. The SMILES string of the molecule is CCOc1ccc(S(=O)(=O)N2CCC(C)CC2)cc1NC(=O)c1ccccc1F. The number of carbonyl (C=O) groups excluding carboxylic acids is 1. The molecule has 2 aromatic rings. The minimum atomic E-state index is -3.70. The Hall–Kier alpha value is -2.45. The molecule has 6 nitrogen and oxygen atoms in total. The molecule has 8 heteroatoms. The minimum absolute atomic E-state index is 0.0688. The average Bonchev–Trinajstić information content (AvgIpc) is 2.70. The number of nitrogens with zero attached hydrogens (tertiary/aromatic N) is 1. The third kappa shape index (κ3) is 4.76. The summed E-state index contributed by atoms with van der Waals surface area (Å²) in [5, 5.41) is 2.59. The van der Waals surface area contributed by atoms with Crippen molar-refractivity contribution >= 4 is 21.6 Å². The highest BCUT2D eigenvalue weighted by molar-refractivity contribution is 7.89. The molecule has 1 N–H and O–H groups in total. The molecule has 1 fully saturated rings. The molecule has 1 saturated heterocycles. The van der Waals surface area contributed by atoms with Gasteiger partial charge in [0.05, 0.1) is 22.8 Å². The van der Waals surface area contributed by atoms with Gasteiger partial charge in [0.25, 0.3) is 5.91 Å². The topological polar surface area (TPSA) is 75.7 Å². The zero-order chi connectivity index (χ0) is 21.0. The molecule has 0 radical (unpaired) electrons. The molecule has 0 atom stereocenters. The quantitative estimate of drug-likeness (QED) is 0.769. The Labute approximate surface area is 170 Å². The van der Waals surface area contributed by atoms with Crippen LogP contribution >= 0.6 is 0 Å². The number of rotatable bonds is 6. The number of benzene rings is 2. The Morgan fingerprint density at radius 1 is 1.21 bits per heavy atom. The molecule has 1 amide bonds. The lowest BCUT2D eigenvalue weighted by atomic mass is 10.0. The maximum Gasteiger partial charge on any atom is 0.258 e. The third-order valence-corrected chi connectivity index (χ3v) is 6.89. The number of anilines is 1. The molecular weight excluding hydrogens is 395 g/mol. The van der Waals surface area contributed by atoms with Gasteiger partial charge in [0.2, 0.25) is 10.0 Å². The summed E-state index contributed by atoms with van der Waals surface area (Å²) in [5.41, 5.74) is 0.0554. The van der Waals surface area contributed by atoms with Gasteiger partial charge in [0.1, 0.15) is 11.6 Å². The van der Waals surface area contributed by atoms with Crippen LogP contribution in [0, 0.1) is 11.7 Å². The second-order valence-electron chi connectivity index (χ2n) is 7.11. The highest BCUT2D eigenvalue weighted by atomic mass is 32.2. The summed E-state index contributed by atoms with van der Waals surface area (Å²) in [6, 6.07) is 9.95. The van der Waals surface area contributed by atoms with E-state index in [-0.39, 0.29) is 16.1 Å². The summed E-state index contributed by atoms with van der Waals surface area (Å²) < 4.78 is 47.0.